The van der Waals surface area contributed by atoms with Crippen LogP contribution in [-0.2, 0) is 0 Å². The Morgan fingerprint density at radius 3 is 2.30 bits per heavy atom. The quantitative estimate of drug-likeness (QED) is 0.823. The van der Waals surface area contributed by atoms with E-state index in [4.69, 9.17) is 0 Å². The number of ether oxygens (including phenoxy) is 1. The summed E-state index contributed by atoms with van der Waals surface area (Å²) in [6, 6.07) is 6.89. The third-order valence-corrected chi connectivity index (χ3v) is 3.81. The first-order valence-corrected chi connectivity index (χ1v) is 6.99. The Morgan fingerprint density at radius 1 is 1.15 bits per heavy atom. The number of hydrogen-bond donors (Lipinski definition) is 1. The van der Waals surface area contributed by atoms with E-state index in [1.54, 1.807) is 12.1 Å². The molecule has 114 valence electrons. The molecule has 0 bridgehead atoms. The highest BCUT2D eigenvalue weighted by Crippen LogP contribution is 2.28. The molecule has 0 aliphatic rings. The molecular weight excluding hydrogens is 260 g/mol. The van der Waals surface area contributed by atoms with Gasteiger partial charge in [0.25, 0.3) is 0 Å². The Hall–Kier alpha value is -1.16. The number of para-hydroxylation sites is 1. The van der Waals surface area contributed by atoms with E-state index in [0.29, 0.717) is 5.92 Å². The zero-order valence-corrected chi connectivity index (χ0v) is 12.9. The molecule has 4 heteroatoms. The van der Waals surface area contributed by atoms with E-state index < -0.39 is 6.61 Å². The van der Waals surface area contributed by atoms with Gasteiger partial charge >= 0.3 is 6.61 Å². The summed E-state index contributed by atoms with van der Waals surface area (Å²) in [5.41, 5.74) is 0.972. The van der Waals surface area contributed by atoms with E-state index in [0.717, 1.165) is 12.1 Å². The normalized spacial score (nSPS) is 15.2. The summed E-state index contributed by atoms with van der Waals surface area (Å²) in [4.78, 5) is 0. The summed E-state index contributed by atoms with van der Waals surface area (Å²) in [6.07, 6.45) is 0. The average Bonchev–Trinajstić information content (AvgIpc) is 2.34. The molecule has 2 unspecified atom stereocenters. The molecule has 2 atom stereocenters. The van der Waals surface area contributed by atoms with Gasteiger partial charge in [-0.25, -0.2) is 0 Å². The highest BCUT2D eigenvalue weighted by Gasteiger charge is 2.21. The lowest BCUT2D eigenvalue weighted by atomic mass is 9.82. The first-order chi connectivity index (χ1) is 9.21. The lowest BCUT2D eigenvalue weighted by molar-refractivity contribution is -0.0506. The minimum Gasteiger partial charge on any atom is -0.434 e. The third-order valence-electron chi connectivity index (χ3n) is 3.81. The molecule has 1 aromatic rings. The van der Waals surface area contributed by atoms with Crippen molar-refractivity contribution in [2.75, 3.05) is 6.54 Å². The van der Waals surface area contributed by atoms with Gasteiger partial charge in [-0.2, -0.15) is 8.78 Å². The molecule has 1 N–H and O–H groups in total. The molecule has 0 aliphatic heterocycles. The summed E-state index contributed by atoms with van der Waals surface area (Å²) in [5, 5.41) is 3.39. The largest absolute Gasteiger partial charge is 0.434 e. The van der Waals surface area contributed by atoms with Gasteiger partial charge in [0.1, 0.15) is 5.75 Å². The van der Waals surface area contributed by atoms with Crippen LogP contribution < -0.4 is 10.1 Å². The number of hydrogen-bond acceptors (Lipinski definition) is 2. The highest BCUT2D eigenvalue weighted by atomic mass is 19.3. The summed E-state index contributed by atoms with van der Waals surface area (Å²) in [5.74, 6) is 0.721. The predicted octanol–water partition coefficient (Wildman–Crippen LogP) is 4.62. The summed E-state index contributed by atoms with van der Waals surface area (Å²) < 4.78 is 29.4. The summed E-state index contributed by atoms with van der Waals surface area (Å²) in [6.45, 7) is 8.75. The van der Waals surface area contributed by atoms with Gasteiger partial charge in [0.05, 0.1) is 0 Å². The fourth-order valence-electron chi connectivity index (χ4n) is 1.81. The maximum atomic E-state index is 12.4. The molecule has 0 saturated heterocycles. The Kier molecular flexibility index (Phi) is 5.93. The average molecular weight is 285 g/mol. The second-order valence-corrected chi connectivity index (χ2v) is 6.31. The van der Waals surface area contributed by atoms with Gasteiger partial charge in [0.15, 0.2) is 0 Å². The Morgan fingerprint density at radius 2 is 1.75 bits per heavy atom. The maximum absolute atomic E-state index is 12.4. The minimum atomic E-state index is -2.79. The van der Waals surface area contributed by atoms with Crippen LogP contribution in [0.25, 0.3) is 0 Å². The topological polar surface area (TPSA) is 21.3 Å². The molecule has 1 rings (SSSR count). The molecule has 2 nitrogen and oxygen atoms in total. The number of benzene rings is 1. The second-order valence-electron chi connectivity index (χ2n) is 6.31. The van der Waals surface area contributed by atoms with Crippen LogP contribution in [0.5, 0.6) is 5.75 Å². The van der Waals surface area contributed by atoms with Crippen LogP contribution in [0.15, 0.2) is 24.3 Å². The molecule has 1 aromatic carbocycles. The lowest BCUT2D eigenvalue weighted by Crippen LogP contribution is -2.31. The number of alkyl halides is 2. The van der Waals surface area contributed by atoms with Crippen molar-refractivity contribution in [3.8, 4) is 5.75 Å². The molecule has 0 spiro atoms. The zero-order chi connectivity index (χ0) is 15.3. The zero-order valence-electron chi connectivity index (χ0n) is 12.9. The number of halogens is 2. The van der Waals surface area contributed by atoms with Crippen molar-refractivity contribution in [1.82, 2.24) is 5.32 Å². The SMILES string of the molecule is CC(NCC(C)C(C)(C)C)c1ccccc1OC(F)F. The van der Waals surface area contributed by atoms with E-state index in [9.17, 15) is 8.78 Å². The first-order valence-electron chi connectivity index (χ1n) is 6.99. The first kappa shape index (κ1) is 16.9. The van der Waals surface area contributed by atoms with Crippen LogP contribution in [0.2, 0.25) is 0 Å². The monoisotopic (exact) mass is 285 g/mol. The van der Waals surface area contributed by atoms with Crippen molar-refractivity contribution in [2.24, 2.45) is 11.3 Å². The fourth-order valence-corrected chi connectivity index (χ4v) is 1.81. The van der Waals surface area contributed by atoms with Gasteiger partial charge in [0, 0.05) is 11.6 Å². The van der Waals surface area contributed by atoms with Gasteiger partial charge in [-0.1, -0.05) is 45.9 Å². The minimum absolute atomic E-state index is 0.0326. The van der Waals surface area contributed by atoms with E-state index in [-0.39, 0.29) is 17.2 Å². The van der Waals surface area contributed by atoms with Gasteiger partial charge in [-0.05, 0) is 30.9 Å². The van der Waals surface area contributed by atoms with Gasteiger partial charge in [0.2, 0.25) is 0 Å². The number of rotatable bonds is 6. The molecule has 0 amide bonds. The van der Waals surface area contributed by atoms with E-state index in [1.807, 2.05) is 19.1 Å². The second kappa shape index (κ2) is 7.02. The van der Waals surface area contributed by atoms with Crippen molar-refractivity contribution < 1.29 is 13.5 Å². The summed E-state index contributed by atoms with van der Waals surface area (Å²) >= 11 is 0. The predicted molar refractivity (Wildman–Crippen MR) is 78.1 cm³/mol. The maximum Gasteiger partial charge on any atom is 0.387 e. The van der Waals surface area contributed by atoms with Crippen LogP contribution in [0.4, 0.5) is 8.78 Å². The van der Waals surface area contributed by atoms with Crippen molar-refractivity contribution >= 4 is 0 Å². The molecule has 20 heavy (non-hydrogen) atoms. The molecule has 0 radical (unpaired) electrons. The van der Waals surface area contributed by atoms with Crippen molar-refractivity contribution in [1.29, 1.82) is 0 Å². The van der Waals surface area contributed by atoms with Gasteiger partial charge in [-0.15, -0.1) is 0 Å². The Bertz CT molecular complexity index is 415. The van der Waals surface area contributed by atoms with Crippen LogP contribution in [-0.4, -0.2) is 13.2 Å². The summed E-state index contributed by atoms with van der Waals surface area (Å²) in [7, 11) is 0. The molecule has 0 saturated carbocycles. The van der Waals surface area contributed by atoms with E-state index >= 15 is 0 Å². The van der Waals surface area contributed by atoms with Crippen LogP contribution in [0, 0.1) is 11.3 Å². The van der Waals surface area contributed by atoms with Crippen molar-refractivity contribution in [3.63, 3.8) is 0 Å². The molecule has 0 fully saturated rings. The van der Waals surface area contributed by atoms with Crippen LogP contribution in [0.3, 0.4) is 0 Å². The Balaban J connectivity index is 2.70. The van der Waals surface area contributed by atoms with Crippen LogP contribution in [0.1, 0.15) is 46.2 Å². The standard InChI is InChI=1S/C16H25F2NO/c1-11(16(3,4)5)10-19-12(2)13-8-6-7-9-14(13)20-15(17)18/h6-9,11-12,15,19H,10H2,1-5H3. The molecule has 0 aromatic heterocycles. The van der Waals surface area contributed by atoms with Crippen molar-refractivity contribution in [2.45, 2.75) is 47.3 Å². The Labute approximate surface area is 120 Å². The van der Waals surface area contributed by atoms with Crippen LogP contribution >= 0.6 is 0 Å². The molecule has 0 heterocycles. The fraction of sp³-hybridized carbons (Fsp3) is 0.625. The van der Waals surface area contributed by atoms with E-state index in [2.05, 4.69) is 37.7 Å². The third kappa shape index (κ3) is 5.08. The van der Waals surface area contributed by atoms with Crippen molar-refractivity contribution in [3.05, 3.63) is 29.8 Å². The molecular formula is C16H25F2NO. The molecule has 0 aliphatic carbocycles. The van der Waals surface area contributed by atoms with Gasteiger partial charge < -0.3 is 10.1 Å². The lowest BCUT2D eigenvalue weighted by Gasteiger charge is -2.29. The van der Waals surface area contributed by atoms with Gasteiger partial charge in [-0.3, -0.25) is 0 Å². The number of nitrogens with one attached hydrogen (secondary N) is 1. The highest BCUT2D eigenvalue weighted by molar-refractivity contribution is 5.35. The van der Waals surface area contributed by atoms with E-state index in [1.165, 1.54) is 0 Å². The smallest absolute Gasteiger partial charge is 0.387 e.